The minimum Gasteiger partial charge on any atom is -0.497 e. The van der Waals surface area contributed by atoms with E-state index in [-0.39, 0.29) is 11.3 Å². The van der Waals surface area contributed by atoms with Gasteiger partial charge in [0, 0.05) is 36.6 Å². The maximum Gasteiger partial charge on any atom is 0.261 e. The summed E-state index contributed by atoms with van der Waals surface area (Å²) in [5, 5.41) is 3.78. The number of nitrogens with one attached hydrogen (secondary N) is 1. The monoisotopic (exact) mass is 401 g/mol. The largest absolute Gasteiger partial charge is 0.497 e. The highest BCUT2D eigenvalue weighted by atomic mass is 35.5. The first kappa shape index (κ1) is 19.1. The molecule has 148 valence electrons. The zero-order chi connectivity index (χ0) is 19.6. The molecule has 0 radical (unpaired) electrons. The quantitative estimate of drug-likeness (QED) is 0.832. The SMILES string of the molecule is COc1ccc(C2(CNC(=O)C3Cc4cc(Cl)ccc4O3)CCOCC2)cc1. The Morgan fingerprint density at radius 2 is 1.96 bits per heavy atom. The fourth-order valence-electron chi connectivity index (χ4n) is 4.01. The molecule has 1 unspecified atom stereocenters. The first-order valence-electron chi connectivity index (χ1n) is 9.55. The van der Waals surface area contributed by atoms with Gasteiger partial charge in [-0.1, -0.05) is 23.7 Å². The fourth-order valence-corrected chi connectivity index (χ4v) is 4.20. The molecule has 1 fully saturated rings. The molecule has 2 aliphatic heterocycles. The molecule has 0 bridgehead atoms. The molecule has 0 aliphatic carbocycles. The highest BCUT2D eigenvalue weighted by Crippen LogP contribution is 2.36. The van der Waals surface area contributed by atoms with Gasteiger partial charge in [0.1, 0.15) is 11.5 Å². The van der Waals surface area contributed by atoms with Gasteiger partial charge in [0.05, 0.1) is 7.11 Å². The topological polar surface area (TPSA) is 56.8 Å². The molecule has 0 saturated carbocycles. The van der Waals surface area contributed by atoms with Crippen molar-refractivity contribution in [2.45, 2.75) is 30.8 Å². The summed E-state index contributed by atoms with van der Waals surface area (Å²) in [5.41, 5.74) is 2.03. The number of hydrogen-bond donors (Lipinski definition) is 1. The number of carbonyl (C=O) groups excluding carboxylic acids is 1. The van der Waals surface area contributed by atoms with Crippen molar-refractivity contribution in [1.29, 1.82) is 0 Å². The van der Waals surface area contributed by atoms with Crippen molar-refractivity contribution in [3.8, 4) is 11.5 Å². The van der Waals surface area contributed by atoms with Crippen LogP contribution >= 0.6 is 11.6 Å². The molecular weight excluding hydrogens is 378 g/mol. The summed E-state index contributed by atoms with van der Waals surface area (Å²) in [6.45, 7) is 1.93. The fraction of sp³-hybridized carbons (Fsp3) is 0.409. The molecule has 0 spiro atoms. The summed E-state index contributed by atoms with van der Waals surface area (Å²) in [7, 11) is 1.66. The van der Waals surface area contributed by atoms with Gasteiger partial charge in [0.2, 0.25) is 0 Å². The lowest BCUT2D eigenvalue weighted by atomic mass is 9.74. The summed E-state index contributed by atoms with van der Waals surface area (Å²) in [4.78, 5) is 12.8. The molecule has 1 N–H and O–H groups in total. The van der Waals surface area contributed by atoms with Gasteiger partial charge in [0.15, 0.2) is 6.10 Å². The van der Waals surface area contributed by atoms with Crippen molar-refractivity contribution in [3.63, 3.8) is 0 Å². The van der Waals surface area contributed by atoms with E-state index in [4.69, 9.17) is 25.8 Å². The number of hydrogen-bond acceptors (Lipinski definition) is 4. The van der Waals surface area contributed by atoms with Gasteiger partial charge in [-0.15, -0.1) is 0 Å². The highest BCUT2D eigenvalue weighted by Gasteiger charge is 2.36. The number of ether oxygens (including phenoxy) is 3. The number of halogens is 1. The first-order valence-corrected chi connectivity index (χ1v) is 9.92. The van der Waals surface area contributed by atoms with Gasteiger partial charge in [-0.25, -0.2) is 0 Å². The second-order valence-electron chi connectivity index (χ2n) is 7.40. The molecule has 6 heteroatoms. The third-order valence-electron chi connectivity index (χ3n) is 5.74. The van der Waals surface area contributed by atoms with Gasteiger partial charge < -0.3 is 19.5 Å². The second-order valence-corrected chi connectivity index (χ2v) is 7.84. The van der Waals surface area contributed by atoms with E-state index in [0.717, 1.165) is 29.9 Å². The van der Waals surface area contributed by atoms with Crippen molar-refractivity contribution in [2.75, 3.05) is 26.9 Å². The van der Waals surface area contributed by atoms with Gasteiger partial charge in [-0.2, -0.15) is 0 Å². The maximum atomic E-state index is 12.8. The van der Waals surface area contributed by atoms with Gasteiger partial charge >= 0.3 is 0 Å². The number of carbonyl (C=O) groups is 1. The van der Waals surface area contributed by atoms with Crippen molar-refractivity contribution < 1.29 is 19.0 Å². The third kappa shape index (κ3) is 3.82. The summed E-state index contributed by atoms with van der Waals surface area (Å²) in [5.74, 6) is 1.47. The molecule has 1 amide bonds. The van der Waals surface area contributed by atoms with E-state index < -0.39 is 6.10 Å². The van der Waals surface area contributed by atoms with Crippen molar-refractivity contribution in [1.82, 2.24) is 5.32 Å². The molecule has 2 aliphatic rings. The first-order chi connectivity index (χ1) is 13.6. The van der Waals surface area contributed by atoms with Crippen molar-refractivity contribution in [3.05, 3.63) is 58.6 Å². The van der Waals surface area contributed by atoms with Gasteiger partial charge in [-0.3, -0.25) is 4.79 Å². The van der Waals surface area contributed by atoms with E-state index >= 15 is 0 Å². The predicted molar refractivity (Wildman–Crippen MR) is 107 cm³/mol. The minimum absolute atomic E-state index is 0.0910. The van der Waals surface area contributed by atoms with Crippen LogP contribution in [0.25, 0.3) is 0 Å². The van der Waals surface area contributed by atoms with E-state index in [2.05, 4.69) is 17.4 Å². The van der Waals surface area contributed by atoms with Crippen LogP contribution in [0.2, 0.25) is 5.02 Å². The molecule has 0 aromatic heterocycles. The zero-order valence-electron chi connectivity index (χ0n) is 15.9. The Labute approximate surface area is 169 Å². The van der Waals surface area contributed by atoms with Crippen molar-refractivity contribution in [2.24, 2.45) is 0 Å². The Hall–Kier alpha value is -2.24. The smallest absolute Gasteiger partial charge is 0.261 e. The van der Waals surface area contributed by atoms with E-state index in [1.807, 2.05) is 24.3 Å². The van der Waals surface area contributed by atoms with Crippen LogP contribution < -0.4 is 14.8 Å². The lowest BCUT2D eigenvalue weighted by Gasteiger charge is -2.38. The zero-order valence-corrected chi connectivity index (χ0v) is 16.6. The Bertz CT molecular complexity index is 846. The van der Waals surface area contributed by atoms with E-state index in [1.54, 1.807) is 13.2 Å². The number of rotatable bonds is 5. The molecule has 28 heavy (non-hydrogen) atoms. The van der Waals surface area contributed by atoms with Crippen LogP contribution in [0.3, 0.4) is 0 Å². The molecular formula is C22H24ClNO4. The third-order valence-corrected chi connectivity index (χ3v) is 5.98. The van der Waals surface area contributed by atoms with Crippen LogP contribution in [0.5, 0.6) is 11.5 Å². The maximum absolute atomic E-state index is 12.8. The normalized spacial score (nSPS) is 20.1. The summed E-state index contributed by atoms with van der Waals surface area (Å²) >= 11 is 6.04. The average molecular weight is 402 g/mol. The number of methoxy groups -OCH3 is 1. The van der Waals surface area contributed by atoms with Crippen LogP contribution in [0.1, 0.15) is 24.0 Å². The molecule has 2 aromatic carbocycles. The molecule has 1 saturated heterocycles. The molecule has 4 rings (SSSR count). The number of amides is 1. The lowest BCUT2D eigenvalue weighted by molar-refractivity contribution is -0.127. The predicted octanol–water partition coefficient (Wildman–Crippen LogP) is 3.52. The Kier molecular flexibility index (Phi) is 5.47. The van der Waals surface area contributed by atoms with E-state index in [0.29, 0.717) is 31.2 Å². The van der Waals surface area contributed by atoms with Gasteiger partial charge in [0.25, 0.3) is 5.91 Å². The highest BCUT2D eigenvalue weighted by molar-refractivity contribution is 6.30. The van der Waals surface area contributed by atoms with Crippen LogP contribution in [0.15, 0.2) is 42.5 Å². The van der Waals surface area contributed by atoms with Crippen LogP contribution in [-0.4, -0.2) is 38.9 Å². The Morgan fingerprint density at radius 3 is 2.68 bits per heavy atom. The Morgan fingerprint density at radius 1 is 1.21 bits per heavy atom. The number of fused-ring (bicyclic) bond motifs is 1. The standard InChI is InChI=1S/C22H24ClNO4/c1-26-18-5-2-16(3-6-18)22(8-10-27-11-9-22)14-24-21(25)20-13-15-12-17(23)4-7-19(15)28-20/h2-7,12,20H,8-11,13-14H2,1H3,(H,24,25). The summed E-state index contributed by atoms with van der Waals surface area (Å²) in [6, 6.07) is 13.6. The average Bonchev–Trinajstić information content (AvgIpc) is 3.16. The summed E-state index contributed by atoms with van der Waals surface area (Å²) < 4.78 is 16.7. The van der Waals surface area contributed by atoms with Crippen LogP contribution in [-0.2, 0) is 21.4 Å². The van der Waals surface area contributed by atoms with E-state index in [9.17, 15) is 4.79 Å². The summed E-state index contributed by atoms with van der Waals surface area (Å²) in [6.07, 6.45) is 1.75. The number of benzene rings is 2. The van der Waals surface area contributed by atoms with Crippen molar-refractivity contribution >= 4 is 17.5 Å². The van der Waals surface area contributed by atoms with Gasteiger partial charge in [-0.05, 0) is 54.3 Å². The minimum atomic E-state index is -0.513. The van der Waals surface area contributed by atoms with Crippen LogP contribution in [0, 0.1) is 0 Å². The molecule has 2 aromatic rings. The Balaban J connectivity index is 1.45. The lowest BCUT2D eigenvalue weighted by Crippen LogP contribution is -2.47. The van der Waals surface area contributed by atoms with Crippen LogP contribution in [0.4, 0.5) is 0 Å². The second kappa shape index (κ2) is 8.02. The molecule has 2 heterocycles. The molecule has 1 atom stereocenters. The molecule has 5 nitrogen and oxygen atoms in total. The van der Waals surface area contributed by atoms with E-state index in [1.165, 1.54) is 5.56 Å².